The lowest BCUT2D eigenvalue weighted by atomic mass is 9.44. The lowest BCUT2D eigenvalue weighted by Gasteiger charge is -2.69. The summed E-state index contributed by atoms with van der Waals surface area (Å²) in [5.74, 6) is -6.20. The molecule has 1 amide bonds. The highest BCUT2D eigenvalue weighted by Crippen LogP contribution is 2.66. The number of carbonyl (C=O) groups excluding carboxylic acids is 6. The van der Waals surface area contributed by atoms with Gasteiger partial charge in [-0.25, -0.2) is 9.59 Å². The molecule has 2 N–H and O–H groups in total. The maximum atomic E-state index is 16.9. The minimum absolute atomic E-state index is 0.0428. The van der Waals surface area contributed by atoms with Gasteiger partial charge in [0.25, 0.3) is 5.91 Å². The summed E-state index contributed by atoms with van der Waals surface area (Å²) in [4.78, 5) is 90.5. The number of hydrogen-bond acceptors (Lipinski definition) is 15. The van der Waals surface area contributed by atoms with Crippen LogP contribution in [-0.4, -0.2) is 124 Å². The largest absolute Gasteiger partial charge is 0.455 e. The van der Waals surface area contributed by atoms with Crippen molar-refractivity contribution in [2.45, 2.75) is 186 Å². The van der Waals surface area contributed by atoms with Crippen molar-refractivity contribution in [1.29, 1.82) is 0 Å². The molecule has 444 valence electrons. The first-order valence-electron chi connectivity index (χ1n) is 29.0. The highest BCUT2D eigenvalue weighted by molar-refractivity contribution is 6.74. The van der Waals surface area contributed by atoms with Crippen molar-refractivity contribution in [2.24, 2.45) is 16.7 Å². The molecule has 1 heterocycles. The molecule has 3 aromatic carbocycles. The van der Waals surface area contributed by atoms with Gasteiger partial charge in [0.2, 0.25) is 0 Å². The van der Waals surface area contributed by atoms with Crippen molar-refractivity contribution in [3.8, 4) is 0 Å². The van der Waals surface area contributed by atoms with Crippen LogP contribution in [0.15, 0.2) is 115 Å². The molecule has 82 heavy (non-hydrogen) atoms. The smallest absolute Gasteiger partial charge is 0.338 e. The Morgan fingerprint density at radius 2 is 1.37 bits per heavy atom. The molecule has 0 spiro atoms. The van der Waals surface area contributed by atoms with E-state index in [9.17, 15) is 14.4 Å². The summed E-state index contributed by atoms with van der Waals surface area (Å²) in [6.45, 7) is 28.5. The first kappa shape index (κ1) is 63.7. The summed E-state index contributed by atoms with van der Waals surface area (Å²) in [6, 6.07) is 26.5. The average Bonchev–Trinajstić information content (AvgIpc) is 1.36. The van der Waals surface area contributed by atoms with Gasteiger partial charge in [-0.3, -0.25) is 19.2 Å². The summed E-state index contributed by atoms with van der Waals surface area (Å²) >= 11 is 0. The number of rotatable bonds is 24. The summed E-state index contributed by atoms with van der Waals surface area (Å²) in [6.07, 6.45) is -7.63. The molecule has 0 unspecified atom stereocenters. The molecular formula is C64H85NO15Si2. The summed E-state index contributed by atoms with van der Waals surface area (Å²) in [5, 5.41) is 18.1. The normalized spacial score (nSPS) is 28.3. The Bertz CT molecular complexity index is 2870. The monoisotopic (exact) mass is 1160 g/mol. The Labute approximate surface area is 485 Å². The van der Waals surface area contributed by atoms with Gasteiger partial charge in [0, 0.05) is 31.2 Å². The van der Waals surface area contributed by atoms with E-state index in [0.29, 0.717) is 53.0 Å². The van der Waals surface area contributed by atoms with Gasteiger partial charge in [0.05, 0.1) is 42.3 Å². The molecule has 0 aromatic heterocycles. The van der Waals surface area contributed by atoms with Crippen LogP contribution in [0.5, 0.6) is 0 Å². The van der Waals surface area contributed by atoms with E-state index in [1.165, 1.54) is 19.9 Å². The first-order chi connectivity index (χ1) is 38.9. The van der Waals surface area contributed by atoms with Crippen LogP contribution < -0.4 is 5.32 Å². The predicted octanol–water partition coefficient (Wildman–Crippen LogP) is 10.6. The van der Waals surface area contributed by atoms with Crippen molar-refractivity contribution in [2.75, 3.05) is 13.2 Å². The Balaban J connectivity index is 1.57. The highest BCUT2D eigenvalue weighted by atomic mass is 28.4. The van der Waals surface area contributed by atoms with Crippen molar-refractivity contribution in [3.05, 3.63) is 138 Å². The van der Waals surface area contributed by atoms with Crippen LogP contribution in [-0.2, 0) is 56.5 Å². The maximum Gasteiger partial charge on any atom is 0.338 e. The zero-order valence-electron chi connectivity index (χ0n) is 49.9. The molecule has 12 atom stereocenters. The number of ketones is 1. The van der Waals surface area contributed by atoms with Crippen molar-refractivity contribution in [1.82, 2.24) is 5.32 Å². The summed E-state index contributed by atoms with van der Waals surface area (Å²) in [7, 11) is -5.59. The zero-order chi connectivity index (χ0) is 60.2. The number of nitrogens with one attached hydrogen (secondary N) is 1. The van der Waals surface area contributed by atoms with Crippen LogP contribution in [0.2, 0.25) is 36.3 Å². The van der Waals surface area contributed by atoms with Crippen LogP contribution in [0.1, 0.15) is 127 Å². The Morgan fingerprint density at radius 1 is 0.780 bits per heavy atom. The second-order valence-corrected chi connectivity index (χ2v) is 32.6. The average molecular weight is 1160 g/mol. The van der Waals surface area contributed by atoms with Gasteiger partial charge in [-0.2, -0.15) is 0 Å². The zero-order valence-corrected chi connectivity index (χ0v) is 51.9. The molecule has 1 aliphatic heterocycles. The van der Waals surface area contributed by atoms with Crippen LogP contribution >= 0.6 is 0 Å². The van der Waals surface area contributed by atoms with Gasteiger partial charge in [0.15, 0.2) is 46.3 Å². The van der Waals surface area contributed by atoms with Crippen LogP contribution in [0.4, 0.5) is 0 Å². The molecule has 16 nitrogen and oxygen atoms in total. The van der Waals surface area contributed by atoms with Crippen molar-refractivity contribution < 1.29 is 71.1 Å². The van der Waals surface area contributed by atoms with E-state index < -0.39 is 129 Å². The van der Waals surface area contributed by atoms with E-state index in [-0.39, 0.29) is 36.3 Å². The van der Waals surface area contributed by atoms with Crippen molar-refractivity contribution >= 4 is 58.3 Å². The highest BCUT2D eigenvalue weighted by Gasteiger charge is 2.80. The molecule has 1 saturated heterocycles. The van der Waals surface area contributed by atoms with Crippen LogP contribution in [0, 0.1) is 16.7 Å². The van der Waals surface area contributed by atoms with Crippen molar-refractivity contribution in [3.63, 3.8) is 0 Å². The predicted molar refractivity (Wildman–Crippen MR) is 315 cm³/mol. The summed E-state index contributed by atoms with van der Waals surface area (Å²) < 4.78 is 54.6. The molecule has 3 fully saturated rings. The van der Waals surface area contributed by atoms with E-state index in [2.05, 4.69) is 18.5 Å². The molecule has 2 saturated carbocycles. The quantitative estimate of drug-likeness (QED) is 0.0370. The molecule has 18 heteroatoms. The molecule has 3 aliphatic carbocycles. The SMILES string of the molecule is C=CCO[C@H]1[C@H](OC(=O)[C@H](O[Si](CC)(CC)CC)[C@@H](NC(=O)c2ccccc2C=C)c2ccccc2)C(C)=C2[C@@H](OC(C)=O)C(=O)[C@]3(C)[C@@H](O[Si](CC)(CC)CC)C[C@H]4OC[C@@]4(OC(C)=O)[C@H]3[C@H](OC(=O)c3ccccc3)[C@@]1(O)C2(C)C. The second-order valence-electron chi connectivity index (χ2n) is 23.1. The fraction of sp³-hybridized carbons (Fsp3) is 0.531. The second kappa shape index (κ2) is 25.5. The molecule has 2 bridgehead atoms. The number of ether oxygens (including phenoxy) is 6. The number of benzene rings is 3. The van der Waals surface area contributed by atoms with Gasteiger partial charge >= 0.3 is 23.9 Å². The standard InChI is InChI=1S/C64H85NO15Si2/c1-15-37-73-56-51(76-60(71)53(80-82(20-6,21-7)22-8)50(44-32-25-23-26-33-44)65-58(69)46-36-30-29-31-43(46)16-2)40(9)49-52(75-41(10)66)55(68)62(14)47(79-81(17-3,18-4)19-5)38-48-63(39-74-48,78-42(11)67)54(62)57(64(56,72)61(49,12)13)77-59(70)45-34-27-24-28-35-45/h15-16,23-36,47-48,50-54,56-57,72H,1-2,17-22,37-39H2,3-14H3,(H,65,69)/t47-,48+,50-,51+,52+,53+,54-,56-,57-,62+,63-,64+/m0/s1. The minimum atomic E-state index is -2.87. The topological polar surface area (TPSA) is 209 Å². The molecule has 0 radical (unpaired) electrons. The number of hydrogen-bond donors (Lipinski definition) is 2. The molecular weight excluding hydrogens is 1080 g/mol. The molecule has 7 rings (SSSR count). The molecule has 3 aromatic rings. The third kappa shape index (κ3) is 11.3. The fourth-order valence-electron chi connectivity index (χ4n) is 13.8. The summed E-state index contributed by atoms with van der Waals surface area (Å²) in [5.41, 5.74) is -6.49. The lowest BCUT2D eigenvalue weighted by Crippen LogP contribution is -2.84. The van der Waals surface area contributed by atoms with E-state index in [0.717, 1.165) is 0 Å². The van der Waals surface area contributed by atoms with Crippen LogP contribution in [0.3, 0.4) is 0 Å². The third-order valence-corrected chi connectivity index (χ3v) is 28.1. The fourth-order valence-corrected chi connectivity index (χ4v) is 19.5. The number of amides is 1. The number of carbonyl (C=O) groups is 6. The Hall–Kier alpha value is -5.87. The van der Waals surface area contributed by atoms with E-state index in [4.69, 9.17) is 37.3 Å². The van der Waals surface area contributed by atoms with E-state index in [1.54, 1.807) is 113 Å². The van der Waals surface area contributed by atoms with E-state index in [1.807, 2.05) is 47.6 Å². The van der Waals surface area contributed by atoms with Gasteiger partial charge in [-0.1, -0.05) is 141 Å². The van der Waals surface area contributed by atoms with Gasteiger partial charge < -0.3 is 47.7 Å². The van der Waals surface area contributed by atoms with Gasteiger partial charge in [0.1, 0.15) is 23.9 Å². The third-order valence-electron chi connectivity index (χ3n) is 18.9. The Morgan fingerprint density at radius 3 is 1.90 bits per heavy atom. The maximum absolute atomic E-state index is 16.9. The first-order valence-corrected chi connectivity index (χ1v) is 34.1. The molecule has 4 aliphatic rings. The lowest BCUT2D eigenvalue weighted by molar-refractivity contribution is -0.352. The van der Waals surface area contributed by atoms with E-state index >= 15 is 19.5 Å². The number of fused-ring (bicyclic) bond motifs is 5. The van der Waals surface area contributed by atoms with Gasteiger partial charge in [-0.05, 0) is 90.6 Å². The van der Waals surface area contributed by atoms with Gasteiger partial charge in [-0.15, -0.1) is 6.58 Å². The number of Topliss-reactive ketones (excluding diaryl/α,β-unsaturated/α-hetero) is 1. The number of esters is 4. The number of aliphatic hydroxyl groups is 1. The minimum Gasteiger partial charge on any atom is -0.455 e. The Kier molecular flexibility index (Phi) is 19.8. The van der Waals surface area contributed by atoms with Crippen LogP contribution in [0.25, 0.3) is 6.08 Å².